The maximum absolute atomic E-state index is 13.3. The molecule has 0 bridgehead atoms. The topological polar surface area (TPSA) is 86.3 Å². The average molecular weight is 459 g/mol. The second-order valence-electron chi connectivity index (χ2n) is 7.43. The first kappa shape index (κ1) is 25.8. The predicted molar refractivity (Wildman–Crippen MR) is 126 cm³/mol. The number of nitrogens with one attached hydrogen (secondary N) is 1. The fourth-order valence-electron chi connectivity index (χ4n) is 3.35. The molecule has 0 aliphatic rings. The first-order valence-electron chi connectivity index (χ1n) is 11.0. The molecule has 2 rings (SSSR count). The van der Waals surface area contributed by atoms with E-state index in [0.717, 1.165) is 12.0 Å². The summed E-state index contributed by atoms with van der Waals surface area (Å²) in [7, 11) is 4.67. The Labute approximate surface area is 195 Å². The van der Waals surface area contributed by atoms with Gasteiger partial charge in [-0.1, -0.05) is 26.0 Å². The van der Waals surface area contributed by atoms with Gasteiger partial charge in [0.05, 0.1) is 21.3 Å². The second kappa shape index (κ2) is 13.2. The van der Waals surface area contributed by atoms with Gasteiger partial charge in [-0.2, -0.15) is 0 Å². The quantitative estimate of drug-likeness (QED) is 0.495. The predicted octanol–water partition coefficient (Wildman–Crippen LogP) is 3.42. The zero-order valence-corrected chi connectivity index (χ0v) is 20.1. The van der Waals surface area contributed by atoms with Crippen LogP contribution in [0, 0.1) is 0 Å². The molecule has 0 aliphatic carbocycles. The maximum Gasteiger partial charge on any atom is 0.261 e. The largest absolute Gasteiger partial charge is 0.497 e. The minimum absolute atomic E-state index is 0.182. The molecule has 0 aromatic heterocycles. The Morgan fingerprint density at radius 1 is 0.909 bits per heavy atom. The van der Waals surface area contributed by atoms with Crippen LogP contribution < -0.4 is 24.3 Å². The van der Waals surface area contributed by atoms with Crippen molar-refractivity contribution in [3.05, 3.63) is 48.0 Å². The Hall–Kier alpha value is -3.42. The van der Waals surface area contributed by atoms with Crippen LogP contribution >= 0.6 is 0 Å². The van der Waals surface area contributed by atoms with Crippen molar-refractivity contribution >= 4 is 11.8 Å². The molecule has 8 heteroatoms. The molecule has 180 valence electrons. The summed E-state index contributed by atoms with van der Waals surface area (Å²) in [5, 5.41) is 2.90. The highest BCUT2D eigenvalue weighted by Gasteiger charge is 2.29. The zero-order chi connectivity index (χ0) is 24.2. The molecule has 0 fully saturated rings. The molecule has 1 N–H and O–H groups in total. The lowest BCUT2D eigenvalue weighted by Gasteiger charge is -2.30. The van der Waals surface area contributed by atoms with Gasteiger partial charge in [-0.3, -0.25) is 9.59 Å². The zero-order valence-electron chi connectivity index (χ0n) is 20.1. The van der Waals surface area contributed by atoms with Crippen LogP contribution in [-0.2, 0) is 16.1 Å². The van der Waals surface area contributed by atoms with Crippen molar-refractivity contribution in [2.24, 2.45) is 0 Å². The third kappa shape index (κ3) is 7.59. The Bertz CT molecular complexity index is 895. The normalized spacial score (nSPS) is 11.3. The van der Waals surface area contributed by atoms with Gasteiger partial charge in [0, 0.05) is 31.3 Å². The van der Waals surface area contributed by atoms with Gasteiger partial charge in [0.15, 0.2) is 6.61 Å². The van der Waals surface area contributed by atoms with Gasteiger partial charge in [0.25, 0.3) is 5.91 Å². The number of methoxy groups -OCH3 is 3. The van der Waals surface area contributed by atoms with E-state index < -0.39 is 6.04 Å². The van der Waals surface area contributed by atoms with Crippen LogP contribution in [0.25, 0.3) is 0 Å². The van der Waals surface area contributed by atoms with E-state index in [2.05, 4.69) is 5.32 Å². The molecule has 0 saturated heterocycles. The molecular weight excluding hydrogens is 424 g/mol. The molecule has 0 heterocycles. The van der Waals surface area contributed by atoms with Crippen LogP contribution in [0.15, 0.2) is 42.5 Å². The Balaban J connectivity index is 2.25. The number of benzene rings is 2. The second-order valence-corrected chi connectivity index (χ2v) is 7.43. The summed E-state index contributed by atoms with van der Waals surface area (Å²) in [4.78, 5) is 27.7. The number of carbonyl (C=O) groups excluding carboxylic acids is 2. The smallest absolute Gasteiger partial charge is 0.261 e. The number of ether oxygens (including phenoxy) is 4. The van der Waals surface area contributed by atoms with Crippen molar-refractivity contribution in [2.75, 3.05) is 34.5 Å². The standard InChI is InChI=1S/C25H34N2O6/c1-6-11-26-25(29)23(7-2)27(16-18-9-8-10-19(12-18)30-3)24(28)17-33-22-14-20(31-4)13-21(15-22)32-5/h8-10,12-15,23H,6-7,11,16-17H2,1-5H3,(H,26,29)/t23-/m0/s1. The van der Waals surface area contributed by atoms with E-state index in [-0.39, 0.29) is 25.0 Å². The molecule has 1 atom stereocenters. The maximum atomic E-state index is 13.3. The van der Waals surface area contributed by atoms with Gasteiger partial charge in [0.2, 0.25) is 5.91 Å². The number of rotatable bonds is 13. The molecule has 0 unspecified atom stereocenters. The molecule has 2 amide bonds. The minimum atomic E-state index is -0.626. The van der Waals surface area contributed by atoms with Crippen LogP contribution in [0.1, 0.15) is 32.3 Å². The van der Waals surface area contributed by atoms with Crippen molar-refractivity contribution in [1.29, 1.82) is 0 Å². The summed E-state index contributed by atoms with van der Waals surface area (Å²) in [6.07, 6.45) is 1.28. The van der Waals surface area contributed by atoms with Gasteiger partial charge >= 0.3 is 0 Å². The van der Waals surface area contributed by atoms with Crippen LogP contribution in [-0.4, -0.2) is 57.2 Å². The molecule has 2 aromatic carbocycles. The lowest BCUT2D eigenvalue weighted by Crippen LogP contribution is -2.50. The number of carbonyl (C=O) groups is 2. The molecule has 8 nitrogen and oxygen atoms in total. The average Bonchev–Trinajstić information content (AvgIpc) is 2.85. The number of hydrogen-bond acceptors (Lipinski definition) is 6. The van der Waals surface area contributed by atoms with E-state index in [1.165, 1.54) is 0 Å². The van der Waals surface area contributed by atoms with Gasteiger partial charge in [-0.05, 0) is 30.5 Å². The summed E-state index contributed by atoms with van der Waals surface area (Å²) in [5.74, 6) is 1.73. The number of hydrogen-bond donors (Lipinski definition) is 1. The van der Waals surface area contributed by atoms with E-state index in [0.29, 0.717) is 36.0 Å². The lowest BCUT2D eigenvalue weighted by molar-refractivity contribution is -0.143. The van der Waals surface area contributed by atoms with Crippen molar-refractivity contribution in [2.45, 2.75) is 39.3 Å². The van der Waals surface area contributed by atoms with Crippen LogP contribution in [0.3, 0.4) is 0 Å². The van der Waals surface area contributed by atoms with E-state index in [1.54, 1.807) is 44.4 Å². The molecule has 0 aliphatic heterocycles. The Kier molecular flexibility index (Phi) is 10.3. The first-order chi connectivity index (χ1) is 15.9. The highest BCUT2D eigenvalue weighted by Crippen LogP contribution is 2.27. The van der Waals surface area contributed by atoms with Crippen molar-refractivity contribution in [3.63, 3.8) is 0 Å². The van der Waals surface area contributed by atoms with E-state index >= 15 is 0 Å². The van der Waals surface area contributed by atoms with Crippen LogP contribution in [0.4, 0.5) is 0 Å². The molecule has 0 saturated carbocycles. The van der Waals surface area contributed by atoms with Gasteiger partial charge < -0.3 is 29.2 Å². The number of nitrogens with zero attached hydrogens (tertiary/aromatic N) is 1. The third-order valence-electron chi connectivity index (χ3n) is 5.11. The van der Waals surface area contributed by atoms with Gasteiger partial charge in [0.1, 0.15) is 29.0 Å². The summed E-state index contributed by atoms with van der Waals surface area (Å²) in [6, 6.07) is 11.9. The van der Waals surface area contributed by atoms with Crippen molar-refractivity contribution in [1.82, 2.24) is 10.2 Å². The van der Waals surface area contributed by atoms with Gasteiger partial charge in [-0.25, -0.2) is 0 Å². The highest BCUT2D eigenvalue weighted by molar-refractivity contribution is 5.88. The fraction of sp³-hybridized carbons (Fsp3) is 0.440. The molecule has 33 heavy (non-hydrogen) atoms. The van der Waals surface area contributed by atoms with Crippen molar-refractivity contribution in [3.8, 4) is 23.0 Å². The molecule has 0 radical (unpaired) electrons. The monoisotopic (exact) mass is 458 g/mol. The molecular formula is C25H34N2O6. The Morgan fingerprint density at radius 2 is 1.55 bits per heavy atom. The van der Waals surface area contributed by atoms with E-state index in [1.807, 2.05) is 38.1 Å². The van der Waals surface area contributed by atoms with E-state index in [4.69, 9.17) is 18.9 Å². The molecule has 2 aromatic rings. The highest BCUT2D eigenvalue weighted by atomic mass is 16.5. The summed E-state index contributed by atoms with van der Waals surface area (Å²) in [5.41, 5.74) is 0.854. The Morgan fingerprint density at radius 3 is 2.12 bits per heavy atom. The third-order valence-corrected chi connectivity index (χ3v) is 5.11. The summed E-state index contributed by atoms with van der Waals surface area (Å²) in [6.45, 7) is 4.43. The molecule has 0 spiro atoms. The van der Waals surface area contributed by atoms with Crippen LogP contribution in [0.5, 0.6) is 23.0 Å². The van der Waals surface area contributed by atoms with Crippen molar-refractivity contribution < 1.29 is 28.5 Å². The fourth-order valence-corrected chi connectivity index (χ4v) is 3.35. The lowest BCUT2D eigenvalue weighted by atomic mass is 10.1. The first-order valence-corrected chi connectivity index (χ1v) is 11.0. The van der Waals surface area contributed by atoms with E-state index in [9.17, 15) is 9.59 Å². The SMILES string of the molecule is CCCNC(=O)[C@H](CC)N(Cc1cccc(OC)c1)C(=O)COc1cc(OC)cc(OC)c1. The number of amides is 2. The van der Waals surface area contributed by atoms with Gasteiger partial charge in [-0.15, -0.1) is 0 Å². The van der Waals surface area contributed by atoms with Crippen LogP contribution in [0.2, 0.25) is 0 Å². The summed E-state index contributed by atoms with van der Waals surface area (Å²) >= 11 is 0. The summed E-state index contributed by atoms with van der Waals surface area (Å²) < 4.78 is 21.6. The minimum Gasteiger partial charge on any atom is -0.497 e.